The Morgan fingerprint density at radius 1 is 0.976 bits per heavy atom. The average Bonchev–Trinajstić information content (AvgIpc) is 3.65. The smallest absolute Gasteiger partial charge is 0.276 e. The number of fused-ring (bicyclic) bond motifs is 1. The van der Waals surface area contributed by atoms with Gasteiger partial charge in [0, 0.05) is 23.9 Å². The fourth-order valence-electron chi connectivity index (χ4n) is 6.08. The molecule has 2 aliphatic rings. The molecule has 2 N–H and O–H groups in total. The maximum atomic E-state index is 15.0. The molecular formula is C32H33F2N5O2. The van der Waals surface area contributed by atoms with Gasteiger partial charge in [-0.15, -0.1) is 0 Å². The Bertz CT molecular complexity index is 1570. The van der Waals surface area contributed by atoms with Crippen molar-refractivity contribution in [2.24, 2.45) is 5.92 Å². The number of nitrogens with zero attached hydrogens (tertiary/aromatic N) is 3. The van der Waals surface area contributed by atoms with Crippen molar-refractivity contribution in [2.45, 2.75) is 57.9 Å². The van der Waals surface area contributed by atoms with Crippen LogP contribution in [-0.4, -0.2) is 44.9 Å². The first-order valence-corrected chi connectivity index (χ1v) is 14.4. The standard InChI is InChI=1S/C32H33F2N5O2/c33-26-15-21(19-39-12-4-1-5-13-39)14-24(30(26)34)22-8-10-27-25(17-22)31(38-37-27)32(41)36-23-9-11-28(35-18-23)29(40)16-20-6-2-3-7-20/h8-11,14-15,17-18,20H,1-7,12-13,16,19H2,(H,36,41)(H,37,38). The zero-order valence-electron chi connectivity index (χ0n) is 22.9. The van der Waals surface area contributed by atoms with Crippen molar-refractivity contribution >= 4 is 28.3 Å². The van der Waals surface area contributed by atoms with Gasteiger partial charge < -0.3 is 5.32 Å². The Morgan fingerprint density at radius 2 is 1.78 bits per heavy atom. The number of piperidine rings is 1. The average molecular weight is 558 g/mol. The van der Waals surface area contributed by atoms with Gasteiger partial charge in [0.15, 0.2) is 23.1 Å². The Hall–Kier alpha value is -3.98. The van der Waals surface area contributed by atoms with Crippen LogP contribution in [0.15, 0.2) is 48.7 Å². The SMILES string of the molecule is O=C(CC1CCCC1)c1ccc(NC(=O)c2n[nH]c3ccc(-c4cc(CN5CCCCC5)cc(F)c4F)cc23)cn1. The fourth-order valence-corrected chi connectivity index (χ4v) is 6.08. The molecule has 2 aromatic carbocycles. The number of pyridine rings is 1. The second-order valence-electron chi connectivity index (χ2n) is 11.3. The number of halogens is 2. The van der Waals surface area contributed by atoms with Gasteiger partial charge in [-0.05, 0) is 79.4 Å². The Balaban J connectivity index is 1.20. The molecule has 0 unspecified atom stereocenters. The highest BCUT2D eigenvalue weighted by Crippen LogP contribution is 2.31. The summed E-state index contributed by atoms with van der Waals surface area (Å²) in [5.41, 5.74) is 2.84. The summed E-state index contributed by atoms with van der Waals surface area (Å²) in [4.78, 5) is 32.2. The number of hydrogen-bond donors (Lipinski definition) is 2. The van der Waals surface area contributed by atoms with E-state index in [1.807, 2.05) is 0 Å². The van der Waals surface area contributed by atoms with Crippen LogP contribution in [0.4, 0.5) is 14.5 Å². The lowest BCUT2D eigenvalue weighted by molar-refractivity contribution is 0.0956. The molecule has 9 heteroatoms. The van der Waals surface area contributed by atoms with Crippen LogP contribution < -0.4 is 5.32 Å². The maximum Gasteiger partial charge on any atom is 0.276 e. The van der Waals surface area contributed by atoms with Crippen molar-refractivity contribution in [2.75, 3.05) is 18.4 Å². The summed E-state index contributed by atoms with van der Waals surface area (Å²) in [6.45, 7) is 2.45. The van der Waals surface area contributed by atoms with E-state index >= 15 is 0 Å². The normalized spacial score (nSPS) is 16.3. The van der Waals surface area contributed by atoms with Crippen LogP contribution in [0.25, 0.3) is 22.0 Å². The molecule has 0 spiro atoms. The number of anilines is 1. The lowest BCUT2D eigenvalue weighted by Gasteiger charge is -2.26. The highest BCUT2D eigenvalue weighted by atomic mass is 19.2. The Morgan fingerprint density at radius 3 is 2.54 bits per heavy atom. The molecule has 2 aromatic heterocycles. The number of carbonyl (C=O) groups excluding carboxylic acids is 2. The van der Waals surface area contributed by atoms with E-state index in [1.54, 1.807) is 36.4 Å². The summed E-state index contributed by atoms with van der Waals surface area (Å²) in [5, 5.41) is 10.3. The highest BCUT2D eigenvalue weighted by molar-refractivity contribution is 6.11. The van der Waals surface area contributed by atoms with Gasteiger partial charge in [-0.25, -0.2) is 8.78 Å². The topological polar surface area (TPSA) is 91.0 Å². The molecule has 0 radical (unpaired) electrons. The molecule has 1 aliphatic carbocycles. The van der Waals surface area contributed by atoms with Crippen LogP contribution in [0, 0.1) is 17.6 Å². The number of carbonyl (C=O) groups is 2. The maximum absolute atomic E-state index is 15.0. The van der Waals surface area contributed by atoms with Crippen LogP contribution >= 0.6 is 0 Å². The van der Waals surface area contributed by atoms with E-state index in [-0.39, 0.29) is 17.0 Å². The first-order chi connectivity index (χ1) is 19.9. The number of ketones is 1. The molecule has 3 heterocycles. The van der Waals surface area contributed by atoms with Gasteiger partial charge in [0.25, 0.3) is 5.91 Å². The van der Waals surface area contributed by atoms with Crippen molar-refractivity contribution in [3.8, 4) is 11.1 Å². The molecule has 7 nitrogen and oxygen atoms in total. The number of hydrogen-bond acceptors (Lipinski definition) is 5. The van der Waals surface area contributed by atoms with E-state index in [1.165, 1.54) is 31.5 Å². The minimum absolute atomic E-state index is 0.0178. The summed E-state index contributed by atoms with van der Waals surface area (Å²) in [5.74, 6) is -1.84. The summed E-state index contributed by atoms with van der Waals surface area (Å²) in [6, 6.07) is 11.3. The molecule has 0 atom stereocenters. The number of aromatic nitrogens is 3. The third kappa shape index (κ3) is 6.05. The van der Waals surface area contributed by atoms with E-state index in [2.05, 4.69) is 25.4 Å². The molecule has 0 bridgehead atoms. The van der Waals surface area contributed by atoms with Crippen LogP contribution in [0.2, 0.25) is 0 Å². The van der Waals surface area contributed by atoms with E-state index in [4.69, 9.17) is 0 Å². The van der Waals surface area contributed by atoms with Crippen LogP contribution in [0.3, 0.4) is 0 Å². The van der Waals surface area contributed by atoms with Crippen LogP contribution in [-0.2, 0) is 6.54 Å². The van der Waals surface area contributed by atoms with E-state index in [9.17, 15) is 18.4 Å². The number of likely N-dealkylation sites (tertiary alicyclic amines) is 1. The molecule has 1 saturated carbocycles. The molecule has 6 rings (SSSR count). The number of Topliss-reactive ketones (excluding diaryl/α,β-unsaturated/α-hetero) is 1. The lowest BCUT2D eigenvalue weighted by atomic mass is 9.99. The molecule has 41 heavy (non-hydrogen) atoms. The predicted molar refractivity (Wildman–Crippen MR) is 154 cm³/mol. The third-order valence-corrected chi connectivity index (χ3v) is 8.29. The van der Waals surface area contributed by atoms with Crippen LogP contribution in [0.5, 0.6) is 0 Å². The van der Waals surface area contributed by atoms with Gasteiger partial charge in [0.1, 0.15) is 5.69 Å². The number of H-pyrrole nitrogens is 1. The molecule has 4 aromatic rings. The summed E-state index contributed by atoms with van der Waals surface area (Å²) in [6.07, 6.45) is 9.91. The molecule has 1 amide bonds. The number of rotatable bonds is 8. The quantitative estimate of drug-likeness (QED) is 0.230. The predicted octanol–water partition coefficient (Wildman–Crippen LogP) is 6.90. The van der Waals surface area contributed by atoms with Gasteiger partial charge in [0.05, 0.1) is 17.4 Å². The van der Waals surface area contributed by atoms with Crippen molar-refractivity contribution in [1.82, 2.24) is 20.1 Å². The highest BCUT2D eigenvalue weighted by Gasteiger charge is 2.21. The number of benzene rings is 2. The van der Waals surface area contributed by atoms with Crippen molar-refractivity contribution in [1.29, 1.82) is 0 Å². The number of aromatic amines is 1. The lowest BCUT2D eigenvalue weighted by Crippen LogP contribution is -2.29. The molecule has 212 valence electrons. The van der Waals surface area contributed by atoms with Crippen molar-refractivity contribution < 1.29 is 18.4 Å². The van der Waals surface area contributed by atoms with Gasteiger partial charge in [-0.2, -0.15) is 5.10 Å². The van der Waals surface area contributed by atoms with Crippen molar-refractivity contribution in [3.63, 3.8) is 0 Å². The Kier molecular flexibility index (Phi) is 7.87. The minimum Gasteiger partial charge on any atom is -0.319 e. The zero-order valence-corrected chi connectivity index (χ0v) is 22.9. The van der Waals surface area contributed by atoms with Crippen LogP contribution in [0.1, 0.15) is 77.9 Å². The monoisotopic (exact) mass is 557 g/mol. The van der Waals surface area contributed by atoms with Gasteiger partial charge in [-0.3, -0.25) is 24.6 Å². The van der Waals surface area contributed by atoms with Crippen molar-refractivity contribution in [3.05, 3.63) is 77.2 Å². The minimum atomic E-state index is -0.921. The first kappa shape index (κ1) is 27.2. The van der Waals surface area contributed by atoms with Gasteiger partial charge in [-0.1, -0.05) is 38.2 Å². The number of nitrogens with one attached hydrogen (secondary N) is 2. The van der Waals surface area contributed by atoms with E-state index in [0.29, 0.717) is 52.3 Å². The van der Waals surface area contributed by atoms with Gasteiger partial charge >= 0.3 is 0 Å². The zero-order chi connectivity index (χ0) is 28.3. The second kappa shape index (κ2) is 11.9. The second-order valence-corrected chi connectivity index (χ2v) is 11.3. The fraction of sp³-hybridized carbons (Fsp3) is 0.375. The van der Waals surface area contributed by atoms with E-state index in [0.717, 1.165) is 38.8 Å². The summed E-state index contributed by atoms with van der Waals surface area (Å²) < 4.78 is 29.7. The summed E-state index contributed by atoms with van der Waals surface area (Å²) in [7, 11) is 0. The number of amides is 1. The first-order valence-electron chi connectivity index (χ1n) is 14.4. The largest absolute Gasteiger partial charge is 0.319 e. The third-order valence-electron chi connectivity index (χ3n) is 8.29. The van der Waals surface area contributed by atoms with Gasteiger partial charge in [0.2, 0.25) is 0 Å². The van der Waals surface area contributed by atoms with E-state index < -0.39 is 17.5 Å². The molecule has 2 fully saturated rings. The Labute approximate surface area is 237 Å². The summed E-state index contributed by atoms with van der Waals surface area (Å²) >= 11 is 0. The molecular weight excluding hydrogens is 524 g/mol. The molecule has 1 aliphatic heterocycles. The molecule has 1 saturated heterocycles.